The summed E-state index contributed by atoms with van der Waals surface area (Å²) in [5, 5.41) is 12.1. The van der Waals surface area contributed by atoms with Crippen molar-refractivity contribution in [3.63, 3.8) is 0 Å². The van der Waals surface area contributed by atoms with Crippen LogP contribution in [0.3, 0.4) is 0 Å². The van der Waals surface area contributed by atoms with Gasteiger partial charge in [-0.25, -0.2) is 15.0 Å². The summed E-state index contributed by atoms with van der Waals surface area (Å²) < 4.78 is 3.10. The number of benzene rings is 3. The minimum Gasteiger partial charge on any atom is -0.324 e. The van der Waals surface area contributed by atoms with Crippen LogP contribution in [0.4, 0.5) is 23.3 Å². The number of thiazole rings is 1. The van der Waals surface area contributed by atoms with E-state index >= 15 is 0 Å². The van der Waals surface area contributed by atoms with E-state index in [1.54, 1.807) is 11.3 Å². The van der Waals surface area contributed by atoms with E-state index in [0.717, 1.165) is 39.0 Å². The van der Waals surface area contributed by atoms with Crippen molar-refractivity contribution in [2.24, 2.45) is 0 Å². The van der Waals surface area contributed by atoms with Gasteiger partial charge in [-0.15, -0.1) is 11.3 Å². The second-order valence-corrected chi connectivity index (χ2v) is 8.37. The van der Waals surface area contributed by atoms with Gasteiger partial charge in [-0.2, -0.15) is 10.1 Å². The highest BCUT2D eigenvalue weighted by Crippen LogP contribution is 2.25. The van der Waals surface area contributed by atoms with Gasteiger partial charge in [-0.1, -0.05) is 30.3 Å². The number of hydrogen-bond donors (Lipinski definition) is 2. The molecule has 0 fully saturated rings. The minimum absolute atomic E-state index is 0.461. The second-order valence-electron chi connectivity index (χ2n) is 7.48. The largest absolute Gasteiger partial charge is 0.324 e. The molecular formula is C24H18N8S. The van der Waals surface area contributed by atoms with E-state index in [-0.39, 0.29) is 0 Å². The summed E-state index contributed by atoms with van der Waals surface area (Å²) >= 11 is 1.60. The smallest absolute Gasteiger partial charge is 0.232 e. The summed E-state index contributed by atoms with van der Waals surface area (Å²) in [6.45, 7) is 0.729. The first kappa shape index (κ1) is 19.3. The molecular weight excluding hydrogens is 432 g/mol. The average molecular weight is 451 g/mol. The molecule has 160 valence electrons. The van der Waals surface area contributed by atoms with Crippen LogP contribution in [0.25, 0.3) is 21.1 Å². The zero-order valence-corrected chi connectivity index (χ0v) is 18.2. The molecule has 0 aliphatic heterocycles. The zero-order chi connectivity index (χ0) is 22.0. The third-order valence-electron chi connectivity index (χ3n) is 5.23. The number of rotatable bonds is 6. The third kappa shape index (κ3) is 4.09. The fourth-order valence-electron chi connectivity index (χ4n) is 3.65. The van der Waals surface area contributed by atoms with Crippen LogP contribution in [0.5, 0.6) is 0 Å². The van der Waals surface area contributed by atoms with Crippen molar-refractivity contribution in [3.8, 4) is 0 Å². The Bertz CT molecular complexity index is 1560. The third-order valence-corrected chi connectivity index (χ3v) is 6.02. The Labute approximate surface area is 193 Å². The maximum absolute atomic E-state index is 4.55. The van der Waals surface area contributed by atoms with Crippen molar-refractivity contribution < 1.29 is 0 Å². The van der Waals surface area contributed by atoms with Crippen LogP contribution in [0.2, 0.25) is 0 Å². The summed E-state index contributed by atoms with van der Waals surface area (Å²) in [7, 11) is 0. The monoisotopic (exact) mass is 450 g/mol. The van der Waals surface area contributed by atoms with Gasteiger partial charge in [0.1, 0.15) is 6.33 Å². The van der Waals surface area contributed by atoms with Gasteiger partial charge < -0.3 is 10.6 Å². The van der Waals surface area contributed by atoms with Gasteiger partial charge in [0.25, 0.3) is 0 Å². The van der Waals surface area contributed by atoms with Gasteiger partial charge >= 0.3 is 0 Å². The molecule has 0 radical (unpaired) electrons. The van der Waals surface area contributed by atoms with Crippen molar-refractivity contribution in [1.29, 1.82) is 0 Å². The lowest BCUT2D eigenvalue weighted by molar-refractivity contribution is 0.712. The maximum Gasteiger partial charge on any atom is 0.232 e. The van der Waals surface area contributed by atoms with Crippen molar-refractivity contribution in [2.45, 2.75) is 6.54 Å². The Hall–Kier alpha value is -4.37. The Morgan fingerprint density at radius 2 is 1.61 bits per heavy atom. The molecule has 6 aromatic rings. The van der Waals surface area contributed by atoms with Gasteiger partial charge in [0.05, 0.1) is 34.0 Å². The van der Waals surface area contributed by atoms with Gasteiger partial charge in [-0.05, 0) is 42.0 Å². The van der Waals surface area contributed by atoms with E-state index in [4.69, 9.17) is 0 Å². The molecule has 3 heterocycles. The van der Waals surface area contributed by atoms with Gasteiger partial charge in [-0.3, -0.25) is 4.68 Å². The molecule has 0 aliphatic rings. The normalized spacial score (nSPS) is 11.2. The molecule has 3 aromatic heterocycles. The van der Waals surface area contributed by atoms with Crippen LogP contribution in [-0.4, -0.2) is 29.7 Å². The highest BCUT2D eigenvalue weighted by molar-refractivity contribution is 7.16. The maximum atomic E-state index is 4.55. The minimum atomic E-state index is 0.461. The lowest BCUT2D eigenvalue weighted by Crippen LogP contribution is -2.03. The van der Waals surface area contributed by atoms with Crippen LogP contribution in [0.15, 0.2) is 84.8 Å². The predicted molar refractivity (Wildman–Crippen MR) is 131 cm³/mol. The lowest BCUT2D eigenvalue weighted by Gasteiger charge is -2.08. The van der Waals surface area contributed by atoms with Gasteiger partial charge in [0.2, 0.25) is 11.9 Å². The standard InChI is InChI=1S/C24H18N8S/c1-2-4-16(5-3-1)13-32-21-9-7-18(10-17(21)12-28-32)29-23-25-14-26-24(31-23)30-19-6-8-20-22(11-19)33-15-27-20/h1-12,14-15H,13H2,(H2,25,26,29,30,31). The van der Waals surface area contributed by atoms with Crippen LogP contribution in [0, 0.1) is 0 Å². The molecule has 0 aliphatic carbocycles. The highest BCUT2D eigenvalue weighted by Gasteiger charge is 2.07. The van der Waals surface area contributed by atoms with Crippen LogP contribution < -0.4 is 10.6 Å². The summed E-state index contributed by atoms with van der Waals surface area (Å²) in [6, 6.07) is 22.4. The zero-order valence-electron chi connectivity index (χ0n) is 17.4. The Balaban J connectivity index is 1.20. The molecule has 33 heavy (non-hydrogen) atoms. The summed E-state index contributed by atoms with van der Waals surface area (Å²) in [5.74, 6) is 0.926. The van der Waals surface area contributed by atoms with Crippen molar-refractivity contribution >= 4 is 55.7 Å². The number of anilines is 4. The van der Waals surface area contributed by atoms with E-state index in [1.807, 2.05) is 64.9 Å². The fraction of sp³-hybridized carbons (Fsp3) is 0.0417. The van der Waals surface area contributed by atoms with Gasteiger partial charge in [0, 0.05) is 16.8 Å². The summed E-state index contributed by atoms with van der Waals surface area (Å²) in [4.78, 5) is 17.3. The fourth-order valence-corrected chi connectivity index (χ4v) is 4.37. The van der Waals surface area contributed by atoms with E-state index in [2.05, 4.69) is 53.9 Å². The number of fused-ring (bicyclic) bond motifs is 2. The van der Waals surface area contributed by atoms with Crippen molar-refractivity contribution in [2.75, 3.05) is 10.6 Å². The van der Waals surface area contributed by atoms with E-state index in [9.17, 15) is 0 Å². The molecule has 0 atom stereocenters. The molecule has 0 unspecified atom stereocenters. The first-order chi connectivity index (χ1) is 16.3. The first-order valence-electron chi connectivity index (χ1n) is 10.4. The number of nitrogens with zero attached hydrogens (tertiary/aromatic N) is 6. The molecule has 0 spiro atoms. The van der Waals surface area contributed by atoms with Crippen molar-refractivity contribution in [3.05, 3.63) is 90.3 Å². The molecule has 3 aromatic carbocycles. The van der Waals surface area contributed by atoms with Crippen molar-refractivity contribution in [1.82, 2.24) is 29.7 Å². The molecule has 2 N–H and O–H groups in total. The summed E-state index contributed by atoms with van der Waals surface area (Å²) in [5.41, 5.74) is 6.87. The quantitative estimate of drug-likeness (QED) is 0.352. The van der Waals surface area contributed by atoms with E-state index < -0.39 is 0 Å². The SMILES string of the molecule is c1ccc(Cn2ncc3cc(Nc4ncnc(Nc5ccc6ncsc6c5)n4)ccc32)cc1. The highest BCUT2D eigenvalue weighted by atomic mass is 32.1. The molecule has 0 amide bonds. The molecule has 9 heteroatoms. The molecule has 0 bridgehead atoms. The van der Waals surface area contributed by atoms with E-state index in [0.29, 0.717) is 11.9 Å². The predicted octanol–water partition coefficient (Wildman–Crippen LogP) is 5.37. The lowest BCUT2D eigenvalue weighted by atomic mass is 10.2. The van der Waals surface area contributed by atoms with Crippen LogP contribution >= 0.6 is 11.3 Å². The molecule has 0 saturated heterocycles. The molecule has 0 saturated carbocycles. The topological polar surface area (TPSA) is 93.4 Å². The number of nitrogens with one attached hydrogen (secondary N) is 2. The first-order valence-corrected chi connectivity index (χ1v) is 11.2. The number of aromatic nitrogens is 6. The Morgan fingerprint density at radius 1 is 0.818 bits per heavy atom. The number of hydrogen-bond acceptors (Lipinski definition) is 8. The van der Waals surface area contributed by atoms with Gasteiger partial charge in [0.15, 0.2) is 0 Å². The van der Waals surface area contributed by atoms with Crippen LogP contribution in [0.1, 0.15) is 5.56 Å². The van der Waals surface area contributed by atoms with Crippen LogP contribution in [-0.2, 0) is 6.54 Å². The molecule has 6 rings (SSSR count). The second kappa shape index (κ2) is 8.29. The Kier molecular flexibility index (Phi) is 4.85. The Morgan fingerprint density at radius 3 is 2.45 bits per heavy atom. The van der Waals surface area contributed by atoms with E-state index in [1.165, 1.54) is 11.9 Å². The average Bonchev–Trinajstić information content (AvgIpc) is 3.46. The summed E-state index contributed by atoms with van der Waals surface area (Å²) in [6.07, 6.45) is 3.36. The molecule has 8 nitrogen and oxygen atoms in total.